The van der Waals surface area contributed by atoms with Crippen LogP contribution in [0.15, 0.2) is 42.5 Å². The van der Waals surface area contributed by atoms with Gasteiger partial charge in [0.05, 0.1) is 17.2 Å². The zero-order valence-electron chi connectivity index (χ0n) is 21.8. The number of halogens is 5. The first-order valence-corrected chi connectivity index (χ1v) is 13.6. The van der Waals surface area contributed by atoms with Crippen molar-refractivity contribution < 1.29 is 32.2 Å². The minimum Gasteiger partial charge on any atom is -0.493 e. The zero-order chi connectivity index (χ0) is 28.4. The first-order valence-electron chi connectivity index (χ1n) is 12.9. The van der Waals surface area contributed by atoms with Crippen LogP contribution in [0, 0.1) is 11.3 Å². The van der Waals surface area contributed by atoms with E-state index in [0.29, 0.717) is 67.8 Å². The lowest BCUT2D eigenvalue weighted by Crippen LogP contribution is -2.51. The standard InChI is InChI=1S/C28H31Cl2F3N2O4/c1-18(2)17-38-23-6-4-3-5-19(23)16-35-14-11-27(25(35)39-26(37)28(31,32)33)9-12-34(13-10-27)24(36)21-8-7-20(29)15-22(21)30/h3-8,15,18,25H,9-14,16-17H2,1-2H3. The van der Waals surface area contributed by atoms with Gasteiger partial charge in [0.1, 0.15) is 5.75 Å². The van der Waals surface area contributed by atoms with E-state index in [4.69, 9.17) is 32.7 Å². The Labute approximate surface area is 235 Å². The van der Waals surface area contributed by atoms with Crippen molar-refractivity contribution in [2.24, 2.45) is 11.3 Å². The fourth-order valence-corrected chi connectivity index (χ4v) is 5.75. The molecule has 6 nitrogen and oxygen atoms in total. The van der Waals surface area contributed by atoms with Gasteiger partial charge < -0.3 is 14.4 Å². The van der Waals surface area contributed by atoms with Crippen LogP contribution in [0.2, 0.25) is 10.0 Å². The molecule has 39 heavy (non-hydrogen) atoms. The van der Waals surface area contributed by atoms with E-state index in [2.05, 4.69) is 0 Å². The molecule has 2 heterocycles. The molecule has 11 heteroatoms. The van der Waals surface area contributed by atoms with Gasteiger partial charge >= 0.3 is 12.1 Å². The van der Waals surface area contributed by atoms with Gasteiger partial charge in [-0.1, -0.05) is 55.2 Å². The molecule has 0 aliphatic carbocycles. The fraction of sp³-hybridized carbons (Fsp3) is 0.500. The zero-order valence-corrected chi connectivity index (χ0v) is 23.3. The number of piperidine rings is 1. The lowest BCUT2D eigenvalue weighted by atomic mass is 9.76. The smallest absolute Gasteiger partial charge is 0.490 e. The van der Waals surface area contributed by atoms with E-state index in [-0.39, 0.29) is 17.5 Å². The summed E-state index contributed by atoms with van der Waals surface area (Å²) in [5, 5.41) is 0.640. The van der Waals surface area contributed by atoms with Crippen LogP contribution in [0.3, 0.4) is 0 Å². The highest BCUT2D eigenvalue weighted by atomic mass is 35.5. The van der Waals surface area contributed by atoms with Crippen LogP contribution in [0.1, 0.15) is 49.0 Å². The average molecular weight is 587 g/mol. The number of benzene rings is 2. The number of alkyl halides is 3. The van der Waals surface area contributed by atoms with E-state index in [1.807, 2.05) is 38.1 Å². The first kappa shape index (κ1) is 29.5. The SMILES string of the molecule is CC(C)COc1ccccc1CN1CCC2(CCN(C(=O)c3ccc(Cl)cc3Cl)CC2)C1OC(=O)C(F)(F)F. The summed E-state index contributed by atoms with van der Waals surface area (Å²) in [5.41, 5.74) is 0.381. The second-order valence-corrected chi connectivity index (χ2v) is 11.4. The number of esters is 1. The van der Waals surface area contributed by atoms with Crippen molar-refractivity contribution in [1.82, 2.24) is 9.80 Å². The maximum Gasteiger partial charge on any atom is 0.490 e. The normalized spacial score (nSPS) is 19.5. The molecule has 1 amide bonds. The minimum atomic E-state index is -5.12. The van der Waals surface area contributed by atoms with Crippen molar-refractivity contribution in [3.8, 4) is 5.75 Å². The quantitative estimate of drug-likeness (QED) is 0.343. The van der Waals surface area contributed by atoms with E-state index < -0.39 is 23.8 Å². The number of likely N-dealkylation sites (tertiary alicyclic amines) is 2. The summed E-state index contributed by atoms with van der Waals surface area (Å²) in [6.45, 7) is 5.82. The summed E-state index contributed by atoms with van der Waals surface area (Å²) in [4.78, 5) is 28.5. The van der Waals surface area contributed by atoms with Gasteiger partial charge in [-0.25, -0.2) is 4.79 Å². The maximum atomic E-state index is 13.3. The molecule has 0 bridgehead atoms. The van der Waals surface area contributed by atoms with Crippen LogP contribution in [-0.4, -0.2) is 60.3 Å². The number of hydrogen-bond donors (Lipinski definition) is 0. The summed E-state index contributed by atoms with van der Waals surface area (Å²) in [6.07, 6.45) is -4.93. The molecule has 212 valence electrons. The van der Waals surface area contributed by atoms with Gasteiger partial charge in [0.2, 0.25) is 0 Å². The average Bonchev–Trinajstić information content (AvgIpc) is 3.19. The minimum absolute atomic E-state index is 0.232. The molecule has 1 atom stereocenters. The number of hydrogen-bond acceptors (Lipinski definition) is 5. The Morgan fingerprint density at radius 3 is 2.36 bits per heavy atom. The number of ether oxygens (including phenoxy) is 2. The Kier molecular flexibility index (Phi) is 9.03. The third-order valence-electron chi connectivity index (χ3n) is 7.33. The van der Waals surface area contributed by atoms with Crippen molar-refractivity contribution in [1.29, 1.82) is 0 Å². The molecule has 2 fully saturated rings. The largest absolute Gasteiger partial charge is 0.493 e. The van der Waals surface area contributed by atoms with Crippen LogP contribution in [0.5, 0.6) is 5.75 Å². The number of carbonyl (C=O) groups excluding carboxylic acids is 2. The molecule has 0 aromatic heterocycles. The molecule has 0 radical (unpaired) electrons. The molecular formula is C28H31Cl2F3N2O4. The van der Waals surface area contributed by atoms with Crippen molar-refractivity contribution in [2.75, 3.05) is 26.2 Å². The molecule has 2 aliphatic heterocycles. The molecular weight excluding hydrogens is 556 g/mol. The van der Waals surface area contributed by atoms with Gasteiger partial charge in [-0.05, 0) is 49.4 Å². The Morgan fingerprint density at radius 1 is 1.05 bits per heavy atom. The molecule has 2 aliphatic rings. The highest BCUT2D eigenvalue weighted by Crippen LogP contribution is 2.47. The third kappa shape index (κ3) is 6.81. The van der Waals surface area contributed by atoms with Gasteiger partial charge in [-0.3, -0.25) is 9.69 Å². The summed E-state index contributed by atoms with van der Waals surface area (Å²) in [5.74, 6) is -1.55. The van der Waals surface area contributed by atoms with Crippen LogP contribution in [0.25, 0.3) is 0 Å². The third-order valence-corrected chi connectivity index (χ3v) is 7.88. The first-order chi connectivity index (χ1) is 18.4. The molecule has 1 unspecified atom stereocenters. The van der Waals surface area contributed by atoms with Crippen LogP contribution in [-0.2, 0) is 16.1 Å². The monoisotopic (exact) mass is 586 g/mol. The Hall–Kier alpha value is -2.49. The van der Waals surface area contributed by atoms with Gasteiger partial charge in [-0.2, -0.15) is 13.2 Å². The number of rotatable bonds is 7. The van der Waals surface area contributed by atoms with Crippen molar-refractivity contribution in [3.63, 3.8) is 0 Å². The van der Waals surface area contributed by atoms with Crippen LogP contribution in [0.4, 0.5) is 13.2 Å². The summed E-state index contributed by atoms with van der Waals surface area (Å²) >= 11 is 12.2. The summed E-state index contributed by atoms with van der Waals surface area (Å²) < 4.78 is 51.0. The Bertz CT molecular complexity index is 1200. The van der Waals surface area contributed by atoms with Crippen molar-refractivity contribution >= 4 is 35.1 Å². The van der Waals surface area contributed by atoms with Crippen LogP contribution >= 0.6 is 23.2 Å². The Balaban J connectivity index is 1.53. The summed E-state index contributed by atoms with van der Waals surface area (Å²) in [6, 6.07) is 12.0. The molecule has 2 aromatic carbocycles. The van der Waals surface area contributed by atoms with Gasteiger partial charge in [-0.15, -0.1) is 0 Å². The Morgan fingerprint density at radius 2 is 1.72 bits per heavy atom. The molecule has 1 spiro atoms. The highest BCUT2D eigenvalue weighted by Gasteiger charge is 2.54. The number of amides is 1. The second kappa shape index (κ2) is 11.9. The lowest BCUT2D eigenvalue weighted by Gasteiger charge is -2.43. The predicted molar refractivity (Wildman–Crippen MR) is 142 cm³/mol. The summed E-state index contributed by atoms with van der Waals surface area (Å²) in [7, 11) is 0. The van der Waals surface area contributed by atoms with Crippen molar-refractivity contribution in [3.05, 3.63) is 63.6 Å². The second-order valence-electron chi connectivity index (χ2n) is 10.6. The lowest BCUT2D eigenvalue weighted by molar-refractivity contribution is -0.220. The number of carbonyl (C=O) groups is 2. The fourth-order valence-electron chi connectivity index (χ4n) is 5.26. The van der Waals surface area contributed by atoms with E-state index >= 15 is 0 Å². The molecule has 0 N–H and O–H groups in total. The molecule has 2 saturated heterocycles. The molecule has 4 rings (SSSR count). The molecule has 0 saturated carbocycles. The number of para-hydroxylation sites is 1. The van der Waals surface area contributed by atoms with Crippen molar-refractivity contribution in [2.45, 2.75) is 52.1 Å². The van der Waals surface area contributed by atoms with E-state index in [1.165, 1.54) is 6.07 Å². The number of nitrogens with zero attached hydrogens (tertiary/aromatic N) is 2. The van der Waals surface area contributed by atoms with E-state index in [1.54, 1.807) is 21.9 Å². The van der Waals surface area contributed by atoms with E-state index in [0.717, 1.165) is 5.56 Å². The molecule has 2 aromatic rings. The van der Waals surface area contributed by atoms with Gasteiger partial charge in [0.25, 0.3) is 5.91 Å². The highest BCUT2D eigenvalue weighted by molar-refractivity contribution is 6.36. The van der Waals surface area contributed by atoms with E-state index in [9.17, 15) is 22.8 Å². The van der Waals surface area contributed by atoms with Crippen LogP contribution < -0.4 is 4.74 Å². The maximum absolute atomic E-state index is 13.3. The predicted octanol–water partition coefficient (Wildman–Crippen LogP) is 6.59. The topological polar surface area (TPSA) is 59.1 Å². The van der Waals surface area contributed by atoms with Gasteiger partial charge in [0.15, 0.2) is 6.23 Å². The van der Waals surface area contributed by atoms with Gasteiger partial charge in [0, 0.05) is 42.2 Å².